The van der Waals surface area contributed by atoms with Gasteiger partial charge in [-0.3, -0.25) is 4.79 Å². The summed E-state index contributed by atoms with van der Waals surface area (Å²) >= 11 is 0. The van der Waals surface area contributed by atoms with Gasteiger partial charge in [0.15, 0.2) is 0 Å². The van der Waals surface area contributed by atoms with Crippen LogP contribution in [0.3, 0.4) is 0 Å². The maximum absolute atomic E-state index is 12.6. The Bertz CT molecular complexity index is 810. The second-order valence-corrected chi connectivity index (χ2v) is 6.83. The van der Waals surface area contributed by atoms with Gasteiger partial charge >= 0.3 is 0 Å². The lowest BCUT2D eigenvalue weighted by Crippen LogP contribution is -2.54. The van der Waals surface area contributed by atoms with E-state index in [0.717, 1.165) is 36.7 Å². The number of carbonyl (C=O) groups is 1. The van der Waals surface area contributed by atoms with Crippen molar-refractivity contribution in [2.24, 2.45) is 0 Å². The lowest BCUT2D eigenvalue weighted by Gasteiger charge is -2.40. The first-order chi connectivity index (χ1) is 12.6. The Balaban J connectivity index is 1.55. The van der Waals surface area contributed by atoms with Crippen LogP contribution in [-0.4, -0.2) is 41.5 Å². The van der Waals surface area contributed by atoms with E-state index in [-0.39, 0.29) is 11.9 Å². The van der Waals surface area contributed by atoms with Crippen LogP contribution in [0, 0.1) is 18.3 Å². The van der Waals surface area contributed by atoms with Crippen molar-refractivity contribution < 1.29 is 4.79 Å². The quantitative estimate of drug-likeness (QED) is 0.852. The minimum Gasteiger partial charge on any atom is -0.353 e. The Morgan fingerprint density at radius 1 is 1.23 bits per heavy atom. The summed E-state index contributed by atoms with van der Waals surface area (Å²) in [6, 6.07) is 15.8. The summed E-state index contributed by atoms with van der Waals surface area (Å²) in [5.74, 6) is 1.18. The molecule has 1 amide bonds. The van der Waals surface area contributed by atoms with E-state index in [1.807, 2.05) is 42.2 Å². The van der Waals surface area contributed by atoms with Crippen molar-refractivity contribution in [2.75, 3.05) is 24.5 Å². The average Bonchev–Trinajstić information content (AvgIpc) is 2.66. The topological polar surface area (TPSA) is 60.2 Å². The summed E-state index contributed by atoms with van der Waals surface area (Å²) < 4.78 is 0. The van der Waals surface area contributed by atoms with Gasteiger partial charge in [-0.1, -0.05) is 18.2 Å². The number of nitriles is 1. The molecule has 0 radical (unpaired) electrons. The molecule has 1 atom stereocenters. The fraction of sp³-hybridized carbons (Fsp3) is 0.381. The van der Waals surface area contributed by atoms with E-state index in [2.05, 4.69) is 22.9 Å². The monoisotopic (exact) mass is 348 g/mol. The first-order valence-electron chi connectivity index (χ1n) is 9.04. The molecule has 5 heteroatoms. The molecule has 0 N–H and O–H groups in total. The Morgan fingerprint density at radius 2 is 2.00 bits per heavy atom. The van der Waals surface area contributed by atoms with Crippen molar-refractivity contribution in [1.82, 2.24) is 9.88 Å². The number of hydrogen-bond acceptors (Lipinski definition) is 4. The standard InChI is InChI=1S/C21H24N4O/c1-16-4-3-5-20(23-16)24-12-13-25(17(2)15-24)21(26)11-10-18-6-8-19(14-22)9-7-18/h3-9,17H,10-13,15H2,1-2H3/t17-/m0/s1. The summed E-state index contributed by atoms with van der Waals surface area (Å²) in [5.41, 5.74) is 2.75. The maximum atomic E-state index is 12.6. The van der Waals surface area contributed by atoms with E-state index in [1.165, 1.54) is 0 Å². The predicted molar refractivity (Wildman–Crippen MR) is 102 cm³/mol. The summed E-state index contributed by atoms with van der Waals surface area (Å²) in [4.78, 5) is 21.5. The zero-order valence-corrected chi connectivity index (χ0v) is 15.4. The van der Waals surface area contributed by atoms with Gasteiger partial charge in [0.2, 0.25) is 5.91 Å². The van der Waals surface area contributed by atoms with Crippen LogP contribution in [-0.2, 0) is 11.2 Å². The van der Waals surface area contributed by atoms with Crippen molar-refractivity contribution in [2.45, 2.75) is 32.7 Å². The molecule has 2 heterocycles. The molecule has 1 aliphatic rings. The predicted octanol–water partition coefficient (Wildman–Crippen LogP) is 2.93. The van der Waals surface area contributed by atoms with Crippen LogP contribution in [0.2, 0.25) is 0 Å². The number of hydrogen-bond donors (Lipinski definition) is 0. The van der Waals surface area contributed by atoms with Crippen LogP contribution in [0.1, 0.15) is 30.2 Å². The Morgan fingerprint density at radius 3 is 2.65 bits per heavy atom. The molecule has 26 heavy (non-hydrogen) atoms. The molecule has 3 rings (SSSR count). The Hall–Kier alpha value is -2.87. The third-order valence-electron chi connectivity index (χ3n) is 4.86. The molecule has 0 saturated carbocycles. The second kappa shape index (κ2) is 8.01. The first-order valence-corrected chi connectivity index (χ1v) is 9.04. The smallest absolute Gasteiger partial charge is 0.223 e. The Kier molecular flexibility index (Phi) is 5.52. The highest BCUT2D eigenvalue weighted by molar-refractivity contribution is 5.77. The van der Waals surface area contributed by atoms with Gasteiger partial charge in [0.05, 0.1) is 11.6 Å². The fourth-order valence-corrected chi connectivity index (χ4v) is 3.38. The molecule has 1 aromatic heterocycles. The first kappa shape index (κ1) is 17.9. The number of aryl methyl sites for hydroxylation is 2. The number of anilines is 1. The molecular formula is C21H24N4O. The van der Waals surface area contributed by atoms with Crippen LogP contribution in [0.25, 0.3) is 0 Å². The zero-order valence-electron chi connectivity index (χ0n) is 15.4. The number of aromatic nitrogens is 1. The van der Waals surface area contributed by atoms with E-state index < -0.39 is 0 Å². The highest BCUT2D eigenvalue weighted by Crippen LogP contribution is 2.18. The Labute approximate surface area is 154 Å². The number of amides is 1. The molecule has 0 bridgehead atoms. The van der Waals surface area contributed by atoms with E-state index in [1.54, 1.807) is 12.1 Å². The van der Waals surface area contributed by atoms with Gasteiger partial charge < -0.3 is 9.80 Å². The van der Waals surface area contributed by atoms with E-state index in [4.69, 9.17) is 5.26 Å². The minimum absolute atomic E-state index is 0.166. The zero-order chi connectivity index (χ0) is 18.5. The van der Waals surface area contributed by atoms with E-state index >= 15 is 0 Å². The van der Waals surface area contributed by atoms with Gasteiger partial charge in [0.1, 0.15) is 5.82 Å². The minimum atomic E-state index is 0.166. The van der Waals surface area contributed by atoms with Gasteiger partial charge in [-0.25, -0.2) is 4.98 Å². The van der Waals surface area contributed by atoms with Crippen LogP contribution >= 0.6 is 0 Å². The number of nitrogens with zero attached hydrogens (tertiary/aromatic N) is 4. The van der Waals surface area contributed by atoms with Crippen molar-refractivity contribution in [3.63, 3.8) is 0 Å². The molecular weight excluding hydrogens is 324 g/mol. The number of pyridine rings is 1. The third kappa shape index (κ3) is 4.20. The van der Waals surface area contributed by atoms with E-state index in [9.17, 15) is 4.79 Å². The highest BCUT2D eigenvalue weighted by Gasteiger charge is 2.27. The van der Waals surface area contributed by atoms with Gasteiger partial charge in [-0.15, -0.1) is 0 Å². The summed E-state index contributed by atoms with van der Waals surface area (Å²) in [6.45, 7) is 6.43. The molecule has 2 aromatic rings. The molecule has 0 spiro atoms. The summed E-state index contributed by atoms with van der Waals surface area (Å²) in [7, 11) is 0. The largest absolute Gasteiger partial charge is 0.353 e. The third-order valence-corrected chi connectivity index (χ3v) is 4.86. The van der Waals surface area contributed by atoms with Gasteiger partial charge in [0.25, 0.3) is 0 Å². The fourth-order valence-electron chi connectivity index (χ4n) is 3.38. The van der Waals surface area contributed by atoms with E-state index in [0.29, 0.717) is 18.4 Å². The molecule has 134 valence electrons. The second-order valence-electron chi connectivity index (χ2n) is 6.83. The molecule has 1 aromatic carbocycles. The number of benzene rings is 1. The number of piperazine rings is 1. The number of carbonyl (C=O) groups excluding carboxylic acids is 1. The highest BCUT2D eigenvalue weighted by atomic mass is 16.2. The van der Waals surface area contributed by atoms with Crippen LogP contribution in [0.5, 0.6) is 0 Å². The molecule has 1 saturated heterocycles. The van der Waals surface area contributed by atoms with Crippen LogP contribution in [0.4, 0.5) is 5.82 Å². The van der Waals surface area contributed by atoms with Crippen molar-refractivity contribution in [3.05, 3.63) is 59.3 Å². The maximum Gasteiger partial charge on any atom is 0.223 e. The SMILES string of the molecule is Cc1cccc(N2CCN(C(=O)CCc3ccc(C#N)cc3)[C@@H](C)C2)n1. The molecule has 0 unspecified atom stereocenters. The summed E-state index contributed by atoms with van der Waals surface area (Å²) in [6.07, 6.45) is 1.20. The normalized spacial score (nSPS) is 17.0. The number of rotatable bonds is 4. The van der Waals surface area contributed by atoms with Crippen LogP contribution < -0.4 is 4.90 Å². The van der Waals surface area contributed by atoms with Crippen molar-refractivity contribution >= 4 is 11.7 Å². The lowest BCUT2D eigenvalue weighted by atomic mass is 10.1. The van der Waals surface area contributed by atoms with Crippen molar-refractivity contribution in [3.8, 4) is 6.07 Å². The molecule has 1 aliphatic heterocycles. The van der Waals surface area contributed by atoms with Gasteiger partial charge in [0, 0.05) is 37.8 Å². The molecule has 0 aliphatic carbocycles. The molecule has 1 fully saturated rings. The van der Waals surface area contributed by atoms with Gasteiger partial charge in [-0.05, 0) is 50.1 Å². The summed E-state index contributed by atoms with van der Waals surface area (Å²) in [5, 5.41) is 8.85. The van der Waals surface area contributed by atoms with Crippen LogP contribution in [0.15, 0.2) is 42.5 Å². The molecule has 5 nitrogen and oxygen atoms in total. The average molecular weight is 348 g/mol. The van der Waals surface area contributed by atoms with Gasteiger partial charge in [-0.2, -0.15) is 5.26 Å². The lowest BCUT2D eigenvalue weighted by molar-refractivity contribution is -0.133. The van der Waals surface area contributed by atoms with Crippen molar-refractivity contribution in [1.29, 1.82) is 5.26 Å².